The van der Waals surface area contributed by atoms with Crippen molar-refractivity contribution in [3.05, 3.63) is 35.9 Å². The molecule has 0 aliphatic heterocycles. The minimum atomic E-state index is -1.15. The first-order valence-corrected chi connectivity index (χ1v) is 12.9. The van der Waals surface area contributed by atoms with E-state index in [-0.39, 0.29) is 30.6 Å². The lowest BCUT2D eigenvalue weighted by atomic mass is 10.0. The number of amides is 3. The van der Waals surface area contributed by atoms with Crippen LogP contribution in [0.1, 0.15) is 84.1 Å². The van der Waals surface area contributed by atoms with Crippen LogP contribution in [-0.2, 0) is 25.6 Å². The van der Waals surface area contributed by atoms with E-state index in [9.17, 15) is 19.2 Å². The van der Waals surface area contributed by atoms with Crippen molar-refractivity contribution in [3.8, 4) is 0 Å². The quantitative estimate of drug-likeness (QED) is 0.235. The molecule has 0 radical (unpaired) electrons. The summed E-state index contributed by atoms with van der Waals surface area (Å²) < 4.78 is 0. The Hall–Kier alpha value is -2.90. The van der Waals surface area contributed by atoms with E-state index in [0.29, 0.717) is 13.0 Å². The van der Waals surface area contributed by atoms with Gasteiger partial charge in [-0.2, -0.15) is 0 Å². The molecule has 196 valence electrons. The zero-order valence-electron chi connectivity index (χ0n) is 21.5. The lowest BCUT2D eigenvalue weighted by Crippen LogP contribution is -2.52. The molecule has 3 amide bonds. The molecule has 4 N–H and O–H groups in total. The van der Waals surface area contributed by atoms with Gasteiger partial charge < -0.3 is 21.1 Å². The van der Waals surface area contributed by atoms with Gasteiger partial charge in [0.2, 0.25) is 17.7 Å². The minimum Gasteiger partial charge on any atom is -0.480 e. The molecule has 0 bridgehead atoms. The van der Waals surface area contributed by atoms with Gasteiger partial charge in [0.25, 0.3) is 0 Å². The van der Waals surface area contributed by atoms with E-state index in [1.807, 2.05) is 37.3 Å². The fourth-order valence-corrected chi connectivity index (χ4v) is 3.70. The summed E-state index contributed by atoms with van der Waals surface area (Å²) in [7, 11) is 0. The molecule has 0 unspecified atom stereocenters. The molecule has 0 heterocycles. The molecule has 0 aliphatic rings. The highest BCUT2D eigenvalue weighted by molar-refractivity contribution is 5.90. The molecule has 1 aromatic carbocycles. The smallest absolute Gasteiger partial charge is 0.325 e. The SMILES string of the molecule is CCCCCCCCCC(=O)NC[C@@H](C)CC(=O)N[C@@H](Cc1ccccc1)C(=O)N[C@@H](C)C(=O)O. The summed E-state index contributed by atoms with van der Waals surface area (Å²) in [6, 6.07) is 7.25. The fraction of sp³-hybridized carbons (Fsp3) is 0.630. The van der Waals surface area contributed by atoms with Crippen LogP contribution in [-0.4, -0.2) is 47.4 Å². The molecule has 0 saturated carbocycles. The summed E-state index contributed by atoms with van der Waals surface area (Å²) in [6.45, 7) is 5.82. The van der Waals surface area contributed by atoms with Crippen LogP contribution >= 0.6 is 0 Å². The summed E-state index contributed by atoms with van der Waals surface area (Å²) in [5, 5.41) is 17.1. The Morgan fingerprint density at radius 3 is 2.11 bits per heavy atom. The summed E-state index contributed by atoms with van der Waals surface area (Å²) >= 11 is 0. The first-order valence-electron chi connectivity index (χ1n) is 12.9. The highest BCUT2D eigenvalue weighted by Gasteiger charge is 2.25. The molecule has 3 atom stereocenters. The van der Waals surface area contributed by atoms with Gasteiger partial charge in [0.1, 0.15) is 12.1 Å². The number of unbranched alkanes of at least 4 members (excludes halogenated alkanes) is 6. The average molecular weight is 490 g/mol. The molecule has 0 saturated heterocycles. The van der Waals surface area contributed by atoms with E-state index in [0.717, 1.165) is 24.8 Å². The van der Waals surface area contributed by atoms with Gasteiger partial charge in [-0.05, 0) is 24.8 Å². The van der Waals surface area contributed by atoms with Crippen molar-refractivity contribution in [1.82, 2.24) is 16.0 Å². The van der Waals surface area contributed by atoms with E-state index >= 15 is 0 Å². The number of aliphatic carboxylic acids is 1. The van der Waals surface area contributed by atoms with Crippen LogP contribution in [0.2, 0.25) is 0 Å². The zero-order valence-corrected chi connectivity index (χ0v) is 21.5. The van der Waals surface area contributed by atoms with Crippen molar-refractivity contribution in [3.63, 3.8) is 0 Å². The van der Waals surface area contributed by atoms with E-state index < -0.39 is 24.0 Å². The molecule has 8 heteroatoms. The van der Waals surface area contributed by atoms with Gasteiger partial charge in [0.15, 0.2) is 0 Å². The molecule has 0 fully saturated rings. The number of hydrogen-bond donors (Lipinski definition) is 4. The van der Waals surface area contributed by atoms with Gasteiger partial charge in [0, 0.05) is 25.8 Å². The van der Waals surface area contributed by atoms with E-state index in [4.69, 9.17) is 5.11 Å². The molecule has 1 rings (SSSR count). The lowest BCUT2D eigenvalue weighted by Gasteiger charge is -2.21. The third-order valence-corrected chi connectivity index (χ3v) is 5.85. The van der Waals surface area contributed by atoms with Gasteiger partial charge in [-0.15, -0.1) is 0 Å². The number of carboxylic acid groups (broad SMARTS) is 1. The standard InChI is InChI=1S/C27H43N3O5/c1-4-5-6-7-8-9-13-16-24(31)28-19-20(2)17-25(32)30-23(18-22-14-11-10-12-15-22)26(33)29-21(3)27(34)35/h10-12,14-15,20-21,23H,4-9,13,16-19H2,1-3H3,(H,28,31)(H,29,33)(H,30,32)(H,34,35)/t20-,21-,23-/m0/s1. The van der Waals surface area contributed by atoms with Gasteiger partial charge >= 0.3 is 5.97 Å². The maximum atomic E-state index is 12.7. The molecule has 0 aromatic heterocycles. The van der Waals surface area contributed by atoms with Gasteiger partial charge in [-0.25, -0.2) is 0 Å². The number of benzene rings is 1. The summed E-state index contributed by atoms with van der Waals surface area (Å²) in [5.41, 5.74) is 0.849. The number of rotatable bonds is 18. The second-order valence-corrected chi connectivity index (χ2v) is 9.36. The largest absolute Gasteiger partial charge is 0.480 e. The van der Waals surface area contributed by atoms with E-state index in [1.54, 1.807) is 0 Å². The Morgan fingerprint density at radius 1 is 0.857 bits per heavy atom. The summed E-state index contributed by atoms with van der Waals surface area (Å²) in [4.78, 5) is 48.5. The van der Waals surface area contributed by atoms with Crippen LogP contribution in [0.15, 0.2) is 30.3 Å². The number of nitrogens with one attached hydrogen (secondary N) is 3. The molecular weight excluding hydrogens is 446 g/mol. The van der Waals surface area contributed by atoms with Crippen molar-refractivity contribution in [2.24, 2.45) is 5.92 Å². The number of hydrogen-bond acceptors (Lipinski definition) is 4. The minimum absolute atomic E-state index is 0.00481. The number of carboxylic acids is 1. The summed E-state index contributed by atoms with van der Waals surface area (Å²) in [5.74, 6) is -2.13. The van der Waals surface area contributed by atoms with Crippen LogP contribution in [0.3, 0.4) is 0 Å². The van der Waals surface area contributed by atoms with E-state index in [1.165, 1.54) is 32.6 Å². The van der Waals surface area contributed by atoms with Crippen molar-refractivity contribution < 1.29 is 24.3 Å². The first-order chi connectivity index (χ1) is 16.7. The maximum Gasteiger partial charge on any atom is 0.325 e. The molecule has 8 nitrogen and oxygen atoms in total. The third kappa shape index (κ3) is 14.2. The molecular formula is C27H43N3O5. The Bertz CT molecular complexity index is 784. The Labute approximate surface area is 209 Å². The average Bonchev–Trinajstić information content (AvgIpc) is 2.82. The normalized spacial score (nSPS) is 13.3. The van der Waals surface area contributed by atoms with Gasteiger partial charge in [-0.1, -0.05) is 82.7 Å². The highest BCUT2D eigenvalue weighted by atomic mass is 16.4. The van der Waals surface area contributed by atoms with Crippen LogP contribution < -0.4 is 16.0 Å². The summed E-state index contributed by atoms with van der Waals surface area (Å²) in [6.07, 6.45) is 8.95. The monoisotopic (exact) mass is 489 g/mol. The van der Waals surface area contributed by atoms with Gasteiger partial charge in [-0.3, -0.25) is 19.2 Å². The third-order valence-electron chi connectivity index (χ3n) is 5.85. The zero-order chi connectivity index (χ0) is 26.1. The second kappa shape index (κ2) is 17.5. The maximum absolute atomic E-state index is 12.7. The van der Waals surface area contributed by atoms with E-state index in [2.05, 4.69) is 22.9 Å². The Morgan fingerprint density at radius 2 is 1.49 bits per heavy atom. The predicted molar refractivity (Wildman–Crippen MR) is 137 cm³/mol. The molecule has 0 aliphatic carbocycles. The van der Waals surface area contributed by atoms with Crippen molar-refractivity contribution in [1.29, 1.82) is 0 Å². The fourth-order valence-electron chi connectivity index (χ4n) is 3.70. The number of carbonyl (C=O) groups excluding carboxylic acids is 3. The van der Waals surface area contributed by atoms with Crippen LogP contribution in [0, 0.1) is 5.92 Å². The van der Waals surface area contributed by atoms with Crippen molar-refractivity contribution in [2.75, 3.05) is 6.54 Å². The first kappa shape index (κ1) is 30.1. The predicted octanol–water partition coefficient (Wildman–Crippen LogP) is 3.59. The van der Waals surface area contributed by atoms with Crippen LogP contribution in [0.5, 0.6) is 0 Å². The highest BCUT2D eigenvalue weighted by Crippen LogP contribution is 2.09. The second-order valence-electron chi connectivity index (χ2n) is 9.36. The number of carbonyl (C=O) groups is 4. The van der Waals surface area contributed by atoms with Gasteiger partial charge in [0.05, 0.1) is 0 Å². The van der Waals surface area contributed by atoms with Crippen molar-refractivity contribution >= 4 is 23.7 Å². The van der Waals surface area contributed by atoms with Crippen molar-refractivity contribution in [2.45, 2.75) is 97.1 Å². The molecule has 0 spiro atoms. The van der Waals surface area contributed by atoms with Crippen LogP contribution in [0.25, 0.3) is 0 Å². The Kier molecular flexibility index (Phi) is 15.1. The molecule has 35 heavy (non-hydrogen) atoms. The van der Waals surface area contributed by atoms with Crippen LogP contribution in [0.4, 0.5) is 0 Å². The lowest BCUT2D eigenvalue weighted by molar-refractivity contribution is -0.141. The molecule has 1 aromatic rings. The topological polar surface area (TPSA) is 125 Å². The Balaban J connectivity index is 2.45.